The molecule has 4 rings (SSSR count). The summed E-state index contributed by atoms with van der Waals surface area (Å²) in [6.45, 7) is 3.91. The summed E-state index contributed by atoms with van der Waals surface area (Å²) in [5, 5.41) is 7.51. The lowest BCUT2D eigenvalue weighted by molar-refractivity contribution is 0.502. The maximum atomic E-state index is 14.3. The second kappa shape index (κ2) is 7.30. The summed E-state index contributed by atoms with van der Waals surface area (Å²) in [7, 11) is 0. The van der Waals surface area contributed by atoms with E-state index in [0.717, 1.165) is 11.6 Å². The highest BCUT2D eigenvalue weighted by molar-refractivity contribution is 5.75. The Hall–Kier alpha value is -3.42. The van der Waals surface area contributed by atoms with Crippen molar-refractivity contribution in [3.63, 3.8) is 0 Å². The average molecular weight is 380 g/mol. The molecule has 1 aromatic carbocycles. The van der Waals surface area contributed by atoms with Crippen LogP contribution in [0.25, 0.3) is 16.9 Å². The molecule has 0 aliphatic carbocycles. The number of nitrogens with zero attached hydrogens (tertiary/aromatic N) is 5. The normalized spacial score (nSPS) is 12.5. The molecule has 3 heterocycles. The topological polar surface area (TPSA) is 68.0 Å². The lowest BCUT2D eigenvalue weighted by Crippen LogP contribution is -2.19. The van der Waals surface area contributed by atoms with Crippen molar-refractivity contribution < 1.29 is 8.78 Å². The molecule has 0 aliphatic rings. The van der Waals surface area contributed by atoms with Gasteiger partial charge in [0.15, 0.2) is 5.65 Å². The molecule has 4 aromatic rings. The van der Waals surface area contributed by atoms with Gasteiger partial charge in [-0.1, -0.05) is 19.9 Å². The average Bonchev–Trinajstić information content (AvgIpc) is 3.11. The number of rotatable bonds is 5. The fourth-order valence-corrected chi connectivity index (χ4v) is 3.11. The third-order valence-electron chi connectivity index (χ3n) is 4.49. The molecule has 0 bridgehead atoms. The van der Waals surface area contributed by atoms with Gasteiger partial charge in [-0.3, -0.25) is 0 Å². The Morgan fingerprint density at radius 2 is 1.93 bits per heavy atom. The fourth-order valence-electron chi connectivity index (χ4n) is 3.11. The van der Waals surface area contributed by atoms with Crippen LogP contribution < -0.4 is 5.32 Å². The van der Waals surface area contributed by atoms with Crippen molar-refractivity contribution in [3.8, 4) is 11.3 Å². The molecule has 1 atom stereocenters. The summed E-state index contributed by atoms with van der Waals surface area (Å²) in [6.07, 6.45) is 6.61. The third kappa shape index (κ3) is 3.40. The van der Waals surface area contributed by atoms with Gasteiger partial charge >= 0.3 is 0 Å². The van der Waals surface area contributed by atoms with Gasteiger partial charge in [0, 0.05) is 30.1 Å². The highest BCUT2D eigenvalue weighted by Crippen LogP contribution is 2.29. The number of benzene rings is 1. The van der Waals surface area contributed by atoms with Crippen LogP contribution in [0.3, 0.4) is 0 Å². The molecule has 28 heavy (non-hydrogen) atoms. The molecule has 1 N–H and O–H groups in total. The minimum Gasteiger partial charge on any atom is -0.363 e. The zero-order valence-corrected chi connectivity index (χ0v) is 15.3. The Kier molecular flexibility index (Phi) is 4.68. The Morgan fingerprint density at radius 3 is 2.71 bits per heavy atom. The van der Waals surface area contributed by atoms with Crippen LogP contribution in [0.5, 0.6) is 0 Å². The van der Waals surface area contributed by atoms with Crippen LogP contribution in [0.1, 0.15) is 25.5 Å². The van der Waals surface area contributed by atoms with Crippen LogP contribution in [-0.4, -0.2) is 24.6 Å². The summed E-state index contributed by atoms with van der Waals surface area (Å²) in [4.78, 5) is 12.9. The van der Waals surface area contributed by atoms with E-state index >= 15 is 0 Å². The Balaban J connectivity index is 1.68. The third-order valence-corrected chi connectivity index (χ3v) is 4.49. The predicted octanol–water partition coefficient (Wildman–Crippen LogP) is 4.27. The molecule has 0 spiro atoms. The highest BCUT2D eigenvalue weighted by Gasteiger charge is 2.21. The molecule has 142 valence electrons. The van der Waals surface area contributed by atoms with Gasteiger partial charge in [-0.05, 0) is 18.1 Å². The smallest absolute Gasteiger partial charge is 0.164 e. The van der Waals surface area contributed by atoms with Crippen LogP contribution in [0.4, 0.5) is 14.6 Å². The van der Waals surface area contributed by atoms with Gasteiger partial charge in [-0.2, -0.15) is 5.10 Å². The Bertz CT molecular complexity index is 1120. The van der Waals surface area contributed by atoms with Crippen molar-refractivity contribution in [3.05, 3.63) is 72.4 Å². The number of hydrogen-bond donors (Lipinski definition) is 1. The molecule has 0 amide bonds. The first-order valence-corrected chi connectivity index (χ1v) is 8.85. The summed E-state index contributed by atoms with van der Waals surface area (Å²) in [6, 6.07) is 6.78. The van der Waals surface area contributed by atoms with Crippen molar-refractivity contribution in [1.82, 2.24) is 24.6 Å². The van der Waals surface area contributed by atoms with E-state index in [2.05, 4.69) is 25.4 Å². The van der Waals surface area contributed by atoms with Crippen molar-refractivity contribution in [1.29, 1.82) is 0 Å². The van der Waals surface area contributed by atoms with Crippen LogP contribution in [-0.2, 0) is 0 Å². The molecule has 3 aromatic heterocycles. The lowest BCUT2D eigenvalue weighted by atomic mass is 9.95. The van der Waals surface area contributed by atoms with E-state index in [1.54, 1.807) is 35.2 Å². The number of aromatic nitrogens is 5. The molecule has 8 heteroatoms. The summed E-state index contributed by atoms with van der Waals surface area (Å²) < 4.78 is 29.3. The second-order valence-corrected chi connectivity index (χ2v) is 6.77. The van der Waals surface area contributed by atoms with Crippen molar-refractivity contribution in [2.75, 3.05) is 5.32 Å². The maximum absolute atomic E-state index is 14.3. The standard InChI is InChI=1S/C20H18F2N6/c1-12(2)19(14-5-4-13(21)8-16(14)22)27-18-9-17(24-11-25-18)15-10-26-28-7-3-6-23-20(15)28/h3-12,19H,1-2H3,(H,24,25,27)/t19-/m1/s1. The molecule has 0 aliphatic heterocycles. The van der Waals surface area contributed by atoms with Crippen molar-refractivity contribution in [2.24, 2.45) is 5.92 Å². The van der Waals surface area contributed by atoms with Gasteiger partial charge in [0.05, 0.1) is 23.5 Å². The fraction of sp³-hybridized carbons (Fsp3) is 0.200. The van der Waals surface area contributed by atoms with Crippen LogP contribution >= 0.6 is 0 Å². The number of nitrogens with one attached hydrogen (secondary N) is 1. The molecule has 0 saturated carbocycles. The van der Waals surface area contributed by atoms with Gasteiger partial charge in [0.1, 0.15) is 23.8 Å². The Morgan fingerprint density at radius 1 is 1.07 bits per heavy atom. The van der Waals surface area contributed by atoms with E-state index in [4.69, 9.17) is 0 Å². The number of fused-ring (bicyclic) bond motifs is 1. The second-order valence-electron chi connectivity index (χ2n) is 6.77. The largest absolute Gasteiger partial charge is 0.363 e. The van der Waals surface area contributed by atoms with Gasteiger partial charge in [-0.25, -0.2) is 28.2 Å². The Labute approximate surface area is 160 Å². The zero-order chi connectivity index (χ0) is 19.7. The summed E-state index contributed by atoms with van der Waals surface area (Å²) in [5.41, 5.74) is 2.47. The van der Waals surface area contributed by atoms with Crippen LogP contribution in [0, 0.1) is 17.6 Å². The number of hydrogen-bond acceptors (Lipinski definition) is 5. The quantitative estimate of drug-likeness (QED) is 0.560. The van der Waals surface area contributed by atoms with E-state index in [-0.39, 0.29) is 12.0 Å². The van der Waals surface area contributed by atoms with Gasteiger partial charge in [-0.15, -0.1) is 0 Å². The molecule has 6 nitrogen and oxygen atoms in total. The number of halogens is 2. The van der Waals surface area contributed by atoms with E-state index in [9.17, 15) is 8.78 Å². The van der Waals surface area contributed by atoms with Crippen LogP contribution in [0.15, 0.2) is 55.2 Å². The van der Waals surface area contributed by atoms with E-state index in [1.807, 2.05) is 13.8 Å². The predicted molar refractivity (Wildman–Crippen MR) is 102 cm³/mol. The molecule has 0 radical (unpaired) electrons. The van der Waals surface area contributed by atoms with E-state index < -0.39 is 11.6 Å². The van der Waals surface area contributed by atoms with E-state index in [1.165, 1.54) is 18.5 Å². The van der Waals surface area contributed by atoms with Gasteiger partial charge in [0.25, 0.3) is 0 Å². The molecule has 0 unspecified atom stereocenters. The first-order valence-electron chi connectivity index (χ1n) is 8.85. The summed E-state index contributed by atoms with van der Waals surface area (Å²) >= 11 is 0. The minimum absolute atomic E-state index is 0.0389. The first-order chi connectivity index (χ1) is 13.5. The summed E-state index contributed by atoms with van der Waals surface area (Å²) in [5.74, 6) is -0.624. The van der Waals surface area contributed by atoms with Crippen LogP contribution in [0.2, 0.25) is 0 Å². The molecular weight excluding hydrogens is 362 g/mol. The SMILES string of the molecule is CC(C)[C@@H](Nc1cc(-c2cnn3cccnc23)ncn1)c1ccc(F)cc1F. The minimum atomic E-state index is -0.603. The van der Waals surface area contributed by atoms with Gasteiger partial charge < -0.3 is 5.32 Å². The monoisotopic (exact) mass is 380 g/mol. The molecule has 0 saturated heterocycles. The highest BCUT2D eigenvalue weighted by atomic mass is 19.1. The number of anilines is 1. The van der Waals surface area contributed by atoms with Crippen molar-refractivity contribution >= 4 is 11.5 Å². The van der Waals surface area contributed by atoms with Gasteiger partial charge in [0.2, 0.25) is 0 Å². The zero-order valence-electron chi connectivity index (χ0n) is 15.3. The first kappa shape index (κ1) is 18.0. The van der Waals surface area contributed by atoms with Crippen molar-refractivity contribution in [2.45, 2.75) is 19.9 Å². The lowest BCUT2D eigenvalue weighted by Gasteiger charge is -2.24. The molecule has 0 fully saturated rings. The van der Waals surface area contributed by atoms with E-state index in [0.29, 0.717) is 22.7 Å². The molecular formula is C20H18F2N6. The maximum Gasteiger partial charge on any atom is 0.164 e.